The molecule has 1 amide bonds. The lowest BCUT2D eigenvalue weighted by molar-refractivity contribution is -0.129. The number of methoxy groups -OCH3 is 2. The van der Waals surface area contributed by atoms with Gasteiger partial charge in [-0.05, 0) is 73.0 Å². The number of hydrogen-bond acceptors (Lipinski definition) is 8. The molecule has 2 atom stereocenters. The third-order valence-corrected chi connectivity index (χ3v) is 7.73. The highest BCUT2D eigenvalue weighted by atomic mass is 79.9. The molecule has 218 valence electrons. The molecule has 0 spiro atoms. The second-order valence-electron chi connectivity index (χ2n) is 9.63. The van der Waals surface area contributed by atoms with E-state index in [2.05, 4.69) is 26.8 Å². The van der Waals surface area contributed by atoms with Crippen molar-refractivity contribution in [3.63, 3.8) is 0 Å². The molecular formula is C31H36BrN3O6. The SMILES string of the molecule is COc1ccc(OC)c(CCNNC(=O)[C@@]2(Cc3ccccc3Br)N=C(c3ccc(OCCCO)cc3)O[C@H]2C)c1. The minimum Gasteiger partial charge on any atom is -0.497 e. The van der Waals surface area contributed by atoms with E-state index in [1.807, 2.05) is 73.7 Å². The molecule has 0 saturated heterocycles. The number of hydrogen-bond donors (Lipinski definition) is 3. The minimum atomic E-state index is -1.21. The van der Waals surface area contributed by atoms with E-state index in [1.165, 1.54) is 0 Å². The molecule has 0 bridgehead atoms. The molecule has 0 saturated carbocycles. The van der Waals surface area contributed by atoms with Crippen LogP contribution < -0.4 is 25.1 Å². The minimum absolute atomic E-state index is 0.0757. The maximum atomic E-state index is 13.8. The fourth-order valence-corrected chi connectivity index (χ4v) is 5.03. The number of benzene rings is 3. The average molecular weight is 627 g/mol. The Balaban J connectivity index is 1.52. The van der Waals surface area contributed by atoms with Crippen molar-refractivity contribution in [3.05, 3.63) is 87.9 Å². The van der Waals surface area contributed by atoms with Crippen molar-refractivity contribution >= 4 is 27.7 Å². The van der Waals surface area contributed by atoms with Crippen LogP contribution in [0, 0.1) is 0 Å². The van der Waals surface area contributed by atoms with E-state index in [1.54, 1.807) is 14.2 Å². The summed E-state index contributed by atoms with van der Waals surface area (Å²) in [6, 6.07) is 20.8. The number of aliphatic hydroxyl groups is 1. The predicted octanol–water partition coefficient (Wildman–Crippen LogP) is 4.24. The van der Waals surface area contributed by atoms with Gasteiger partial charge in [-0.3, -0.25) is 10.2 Å². The second kappa shape index (κ2) is 14.3. The van der Waals surface area contributed by atoms with Gasteiger partial charge in [-0.15, -0.1) is 0 Å². The first-order chi connectivity index (χ1) is 19.9. The molecular weight excluding hydrogens is 590 g/mol. The number of aliphatic hydroxyl groups excluding tert-OH is 1. The lowest BCUT2D eigenvalue weighted by Gasteiger charge is -2.28. The molecule has 0 unspecified atom stereocenters. The maximum Gasteiger partial charge on any atom is 0.266 e. The number of rotatable bonds is 14. The van der Waals surface area contributed by atoms with Crippen LogP contribution >= 0.6 is 15.9 Å². The van der Waals surface area contributed by atoms with Gasteiger partial charge in [0.05, 0.1) is 20.8 Å². The summed E-state index contributed by atoms with van der Waals surface area (Å²) in [4.78, 5) is 18.8. The van der Waals surface area contributed by atoms with Gasteiger partial charge >= 0.3 is 0 Å². The van der Waals surface area contributed by atoms with Crippen LogP contribution in [0.3, 0.4) is 0 Å². The summed E-state index contributed by atoms with van der Waals surface area (Å²) >= 11 is 3.62. The largest absolute Gasteiger partial charge is 0.497 e. The van der Waals surface area contributed by atoms with Gasteiger partial charge in [0.15, 0.2) is 5.54 Å². The fourth-order valence-electron chi connectivity index (χ4n) is 4.60. The van der Waals surface area contributed by atoms with Crippen LogP contribution in [-0.2, 0) is 22.4 Å². The Bertz CT molecular complexity index is 1350. The number of nitrogens with zero attached hydrogens (tertiary/aromatic N) is 1. The zero-order valence-electron chi connectivity index (χ0n) is 23.5. The van der Waals surface area contributed by atoms with Crippen LogP contribution in [0.1, 0.15) is 30.0 Å². The average Bonchev–Trinajstić information content (AvgIpc) is 3.33. The normalized spacial score (nSPS) is 17.9. The molecule has 3 aromatic carbocycles. The molecule has 0 radical (unpaired) electrons. The van der Waals surface area contributed by atoms with E-state index >= 15 is 0 Å². The van der Waals surface area contributed by atoms with Crippen molar-refractivity contribution in [1.29, 1.82) is 0 Å². The summed E-state index contributed by atoms with van der Waals surface area (Å²) in [6.07, 6.45) is 0.956. The smallest absolute Gasteiger partial charge is 0.266 e. The third kappa shape index (κ3) is 7.38. The van der Waals surface area contributed by atoms with E-state index in [0.29, 0.717) is 44.1 Å². The van der Waals surface area contributed by atoms with E-state index in [4.69, 9.17) is 29.0 Å². The summed E-state index contributed by atoms with van der Waals surface area (Å²) in [6.45, 7) is 2.83. The van der Waals surface area contributed by atoms with Gasteiger partial charge in [0.1, 0.15) is 23.4 Å². The number of hydrazine groups is 1. The van der Waals surface area contributed by atoms with Crippen LogP contribution in [0.2, 0.25) is 0 Å². The van der Waals surface area contributed by atoms with Gasteiger partial charge in [-0.2, -0.15) is 0 Å². The van der Waals surface area contributed by atoms with E-state index in [0.717, 1.165) is 32.7 Å². The van der Waals surface area contributed by atoms with Gasteiger partial charge < -0.3 is 24.1 Å². The fraction of sp³-hybridized carbons (Fsp3) is 0.355. The van der Waals surface area contributed by atoms with Crippen LogP contribution in [0.15, 0.2) is 76.2 Å². The van der Waals surface area contributed by atoms with E-state index in [9.17, 15) is 4.79 Å². The lowest BCUT2D eigenvalue weighted by Crippen LogP contribution is -2.56. The molecule has 0 aliphatic carbocycles. The van der Waals surface area contributed by atoms with Crippen LogP contribution in [-0.4, -0.2) is 62.5 Å². The number of aliphatic imine (C=N–C) groups is 1. The zero-order valence-corrected chi connectivity index (χ0v) is 25.1. The number of carbonyl (C=O) groups is 1. The van der Waals surface area contributed by atoms with Crippen molar-refractivity contribution in [2.45, 2.75) is 37.8 Å². The van der Waals surface area contributed by atoms with Gasteiger partial charge in [0.2, 0.25) is 5.90 Å². The predicted molar refractivity (Wildman–Crippen MR) is 161 cm³/mol. The molecule has 3 aromatic rings. The first kappa shape index (κ1) is 30.4. The molecule has 41 heavy (non-hydrogen) atoms. The Hall–Kier alpha value is -3.60. The standard InChI is InChI=1S/C31H36BrN3O6/c1-21-31(20-24-7-4-5-8-27(24)32,34-29(41-21)22-9-11-25(12-10-22)40-18-6-17-36)30(37)35-33-16-15-23-19-26(38-2)13-14-28(23)39-3/h4-5,7-14,19,21,33,36H,6,15-18,20H2,1-3H3,(H,35,37)/t21-,31-/m0/s1. The molecule has 1 aliphatic heterocycles. The van der Waals surface area contributed by atoms with Crippen LogP contribution in [0.5, 0.6) is 17.2 Å². The number of halogens is 1. The van der Waals surface area contributed by atoms with Gasteiger partial charge in [0, 0.05) is 36.0 Å². The Morgan fingerprint density at radius 2 is 1.80 bits per heavy atom. The van der Waals surface area contributed by atoms with E-state index < -0.39 is 11.6 Å². The Morgan fingerprint density at radius 1 is 1.05 bits per heavy atom. The molecule has 0 aromatic heterocycles. The Morgan fingerprint density at radius 3 is 2.51 bits per heavy atom. The first-order valence-corrected chi connectivity index (χ1v) is 14.3. The van der Waals surface area contributed by atoms with Crippen molar-refractivity contribution in [2.24, 2.45) is 4.99 Å². The number of carbonyl (C=O) groups excluding carboxylic acids is 1. The summed E-state index contributed by atoms with van der Waals surface area (Å²) < 4.78 is 23.5. The molecule has 9 nitrogen and oxygen atoms in total. The molecule has 1 aliphatic rings. The molecule has 10 heteroatoms. The molecule has 4 rings (SSSR count). The Kier molecular flexibility index (Phi) is 10.6. The topological polar surface area (TPSA) is 111 Å². The summed E-state index contributed by atoms with van der Waals surface area (Å²) in [5.74, 6) is 2.27. The number of ether oxygens (including phenoxy) is 4. The zero-order chi connectivity index (χ0) is 29.2. The third-order valence-electron chi connectivity index (χ3n) is 6.95. The Labute approximate surface area is 249 Å². The molecule has 0 fully saturated rings. The van der Waals surface area contributed by atoms with Crippen molar-refractivity contribution < 1.29 is 28.8 Å². The van der Waals surface area contributed by atoms with Crippen LogP contribution in [0.25, 0.3) is 0 Å². The van der Waals surface area contributed by atoms with E-state index in [-0.39, 0.29) is 12.5 Å². The van der Waals surface area contributed by atoms with Gasteiger partial charge in [-0.1, -0.05) is 34.1 Å². The number of amides is 1. The highest BCUT2D eigenvalue weighted by molar-refractivity contribution is 9.10. The lowest BCUT2D eigenvalue weighted by atomic mass is 9.86. The van der Waals surface area contributed by atoms with Gasteiger partial charge in [-0.25, -0.2) is 10.4 Å². The van der Waals surface area contributed by atoms with Crippen molar-refractivity contribution in [1.82, 2.24) is 10.9 Å². The van der Waals surface area contributed by atoms with Crippen molar-refractivity contribution in [2.75, 3.05) is 34.0 Å². The van der Waals surface area contributed by atoms with Crippen molar-refractivity contribution in [3.8, 4) is 17.2 Å². The highest BCUT2D eigenvalue weighted by Gasteiger charge is 2.50. The highest BCUT2D eigenvalue weighted by Crippen LogP contribution is 2.34. The molecule has 3 N–H and O–H groups in total. The monoisotopic (exact) mass is 625 g/mol. The van der Waals surface area contributed by atoms with Crippen LogP contribution in [0.4, 0.5) is 0 Å². The maximum absolute atomic E-state index is 13.8. The first-order valence-electron chi connectivity index (χ1n) is 13.5. The number of nitrogens with one attached hydrogen (secondary N) is 2. The second-order valence-corrected chi connectivity index (χ2v) is 10.5. The quantitative estimate of drug-likeness (QED) is 0.182. The summed E-state index contributed by atoms with van der Waals surface area (Å²) in [7, 11) is 3.25. The summed E-state index contributed by atoms with van der Waals surface area (Å²) in [5, 5.41) is 8.97. The van der Waals surface area contributed by atoms with Gasteiger partial charge in [0.25, 0.3) is 5.91 Å². The molecule has 1 heterocycles. The summed E-state index contributed by atoms with van der Waals surface area (Å²) in [5.41, 5.74) is 7.37.